The van der Waals surface area contributed by atoms with E-state index in [2.05, 4.69) is 15.4 Å². The molecule has 23 heavy (non-hydrogen) atoms. The van der Waals surface area contributed by atoms with E-state index < -0.39 is 0 Å². The molecule has 1 amide bonds. The number of rotatable bonds is 4. The molecule has 0 spiro atoms. The first-order valence-corrected chi connectivity index (χ1v) is 7.21. The van der Waals surface area contributed by atoms with Crippen LogP contribution in [-0.2, 0) is 6.61 Å². The minimum absolute atomic E-state index is 0.184. The molecule has 0 aliphatic rings. The maximum atomic E-state index is 12.3. The minimum Gasteiger partial charge on any atom is -0.392 e. The summed E-state index contributed by atoms with van der Waals surface area (Å²) >= 11 is 6.12. The molecule has 0 saturated carbocycles. The minimum atomic E-state index is -0.342. The lowest BCUT2D eigenvalue weighted by Gasteiger charge is -2.07. The zero-order valence-corrected chi connectivity index (χ0v) is 12.7. The first kappa shape index (κ1) is 15.2. The number of hydrogen-bond donors (Lipinski definition) is 2. The average molecular weight is 329 g/mol. The maximum Gasteiger partial charge on any atom is 0.258 e. The number of carbonyl (C=O) groups is 1. The molecule has 2 aromatic heterocycles. The summed E-state index contributed by atoms with van der Waals surface area (Å²) in [5.74, 6) is -0.342. The number of anilines is 1. The molecule has 2 heterocycles. The number of aliphatic hydroxyl groups is 1. The number of hydrogen-bond acceptors (Lipinski definition) is 4. The van der Waals surface area contributed by atoms with Gasteiger partial charge in [-0.1, -0.05) is 23.7 Å². The highest BCUT2D eigenvalue weighted by molar-refractivity contribution is 6.32. The van der Waals surface area contributed by atoms with Crippen molar-refractivity contribution in [2.45, 2.75) is 6.61 Å². The van der Waals surface area contributed by atoms with E-state index in [0.717, 1.165) is 0 Å². The van der Waals surface area contributed by atoms with Crippen LogP contribution in [-0.4, -0.2) is 25.8 Å². The molecule has 1 aromatic carbocycles. The smallest absolute Gasteiger partial charge is 0.258 e. The van der Waals surface area contributed by atoms with Crippen molar-refractivity contribution in [1.82, 2.24) is 14.8 Å². The highest BCUT2D eigenvalue weighted by Gasteiger charge is 2.12. The summed E-state index contributed by atoms with van der Waals surface area (Å²) in [5.41, 5.74) is 2.11. The van der Waals surface area contributed by atoms with Gasteiger partial charge in [-0.15, -0.1) is 0 Å². The van der Waals surface area contributed by atoms with Gasteiger partial charge in [-0.3, -0.25) is 9.78 Å². The van der Waals surface area contributed by atoms with Crippen molar-refractivity contribution in [1.29, 1.82) is 0 Å². The molecule has 6 nitrogen and oxygen atoms in total. The van der Waals surface area contributed by atoms with Crippen LogP contribution >= 0.6 is 11.6 Å². The number of benzene rings is 1. The number of carbonyl (C=O) groups excluding carboxylic acids is 1. The zero-order chi connectivity index (χ0) is 16.2. The summed E-state index contributed by atoms with van der Waals surface area (Å²) in [7, 11) is 0. The normalized spacial score (nSPS) is 10.5. The maximum absolute atomic E-state index is 12.3. The number of halogens is 1. The van der Waals surface area contributed by atoms with Crippen LogP contribution in [0.4, 0.5) is 5.69 Å². The Labute approximate surface area is 137 Å². The Hall–Kier alpha value is -2.70. The van der Waals surface area contributed by atoms with Crippen LogP contribution in [0.1, 0.15) is 15.9 Å². The van der Waals surface area contributed by atoms with E-state index in [1.54, 1.807) is 24.5 Å². The van der Waals surface area contributed by atoms with Gasteiger partial charge >= 0.3 is 0 Å². The molecule has 0 saturated heterocycles. The van der Waals surface area contributed by atoms with Gasteiger partial charge in [0.25, 0.3) is 5.91 Å². The van der Waals surface area contributed by atoms with Crippen molar-refractivity contribution >= 4 is 23.2 Å². The van der Waals surface area contributed by atoms with E-state index in [-0.39, 0.29) is 12.5 Å². The molecule has 0 unspecified atom stereocenters. The Morgan fingerprint density at radius 2 is 2.09 bits per heavy atom. The Balaban J connectivity index is 1.83. The standard InChI is InChI=1S/C16H13ClN4O2/c17-13-3-1-2-4-15(13)21-9-12(7-19-21)16(23)20-14-8-18-6-5-11(14)10-22/h1-9,22H,10H2,(H,20,23). The van der Waals surface area contributed by atoms with E-state index in [0.29, 0.717) is 27.5 Å². The lowest BCUT2D eigenvalue weighted by atomic mass is 10.2. The lowest BCUT2D eigenvalue weighted by molar-refractivity contribution is 0.102. The van der Waals surface area contributed by atoms with Crippen molar-refractivity contribution in [2.24, 2.45) is 0 Å². The number of nitrogens with one attached hydrogen (secondary N) is 1. The molecule has 2 N–H and O–H groups in total. The van der Waals surface area contributed by atoms with Crippen molar-refractivity contribution in [3.8, 4) is 5.69 Å². The fraction of sp³-hybridized carbons (Fsp3) is 0.0625. The average Bonchev–Trinajstić information content (AvgIpc) is 3.05. The fourth-order valence-electron chi connectivity index (χ4n) is 2.08. The second kappa shape index (κ2) is 6.60. The van der Waals surface area contributed by atoms with Gasteiger partial charge < -0.3 is 10.4 Å². The van der Waals surface area contributed by atoms with Crippen LogP contribution in [0.15, 0.2) is 55.1 Å². The first-order chi connectivity index (χ1) is 11.2. The van der Waals surface area contributed by atoms with Crippen LogP contribution in [0.25, 0.3) is 5.69 Å². The number of aliphatic hydroxyl groups excluding tert-OH is 1. The Morgan fingerprint density at radius 3 is 2.87 bits per heavy atom. The number of nitrogens with zero attached hydrogens (tertiary/aromatic N) is 3. The topological polar surface area (TPSA) is 80.0 Å². The summed E-state index contributed by atoms with van der Waals surface area (Å²) in [6, 6.07) is 8.86. The third kappa shape index (κ3) is 3.23. The molecule has 3 rings (SSSR count). The predicted octanol–water partition coefficient (Wildman–Crippen LogP) is 2.67. The Kier molecular flexibility index (Phi) is 4.36. The second-order valence-electron chi connectivity index (χ2n) is 4.77. The summed E-state index contributed by atoms with van der Waals surface area (Å²) < 4.78 is 1.54. The van der Waals surface area contributed by atoms with E-state index >= 15 is 0 Å². The summed E-state index contributed by atoms with van der Waals surface area (Å²) in [4.78, 5) is 16.2. The molecule has 0 radical (unpaired) electrons. The van der Waals surface area contributed by atoms with Gasteiger partial charge in [-0.05, 0) is 18.2 Å². The third-order valence-electron chi connectivity index (χ3n) is 3.27. The van der Waals surface area contributed by atoms with Gasteiger partial charge in [0, 0.05) is 18.0 Å². The SMILES string of the molecule is O=C(Nc1cnccc1CO)c1cnn(-c2ccccc2Cl)c1. The summed E-state index contributed by atoms with van der Waals surface area (Å²) in [5, 5.41) is 16.7. The molecule has 0 aliphatic carbocycles. The molecule has 0 bridgehead atoms. The molecular formula is C16H13ClN4O2. The summed E-state index contributed by atoms with van der Waals surface area (Å²) in [6.07, 6.45) is 6.08. The highest BCUT2D eigenvalue weighted by Crippen LogP contribution is 2.20. The van der Waals surface area contributed by atoms with Crippen molar-refractivity contribution < 1.29 is 9.90 Å². The van der Waals surface area contributed by atoms with Crippen LogP contribution < -0.4 is 5.32 Å². The third-order valence-corrected chi connectivity index (χ3v) is 3.59. The molecule has 0 atom stereocenters. The van der Waals surface area contributed by atoms with Gasteiger partial charge in [0.05, 0.1) is 41.0 Å². The van der Waals surface area contributed by atoms with E-state index in [4.69, 9.17) is 11.6 Å². The van der Waals surface area contributed by atoms with Crippen molar-refractivity contribution in [3.05, 3.63) is 71.3 Å². The van der Waals surface area contributed by atoms with Gasteiger partial charge in [0.2, 0.25) is 0 Å². The molecule has 116 valence electrons. The van der Waals surface area contributed by atoms with Crippen LogP contribution in [0.3, 0.4) is 0 Å². The van der Waals surface area contributed by atoms with Crippen molar-refractivity contribution in [3.63, 3.8) is 0 Å². The highest BCUT2D eigenvalue weighted by atomic mass is 35.5. The number of para-hydroxylation sites is 1. The first-order valence-electron chi connectivity index (χ1n) is 6.83. The summed E-state index contributed by atoms with van der Waals surface area (Å²) in [6.45, 7) is -0.184. The van der Waals surface area contributed by atoms with Crippen LogP contribution in [0.5, 0.6) is 0 Å². The fourth-order valence-corrected chi connectivity index (χ4v) is 2.30. The molecule has 3 aromatic rings. The van der Waals surface area contributed by atoms with Gasteiger partial charge in [0.15, 0.2) is 0 Å². The van der Waals surface area contributed by atoms with Crippen LogP contribution in [0, 0.1) is 0 Å². The lowest BCUT2D eigenvalue weighted by Crippen LogP contribution is -2.13. The number of amides is 1. The largest absolute Gasteiger partial charge is 0.392 e. The van der Waals surface area contributed by atoms with Gasteiger partial charge in [-0.25, -0.2) is 4.68 Å². The second-order valence-corrected chi connectivity index (χ2v) is 5.18. The molecule has 0 aliphatic heterocycles. The molecular weight excluding hydrogens is 316 g/mol. The number of pyridine rings is 1. The van der Waals surface area contributed by atoms with Gasteiger partial charge in [0.1, 0.15) is 0 Å². The molecule has 7 heteroatoms. The molecule has 0 fully saturated rings. The quantitative estimate of drug-likeness (QED) is 0.771. The van der Waals surface area contributed by atoms with E-state index in [1.165, 1.54) is 17.1 Å². The van der Waals surface area contributed by atoms with Gasteiger partial charge in [-0.2, -0.15) is 5.10 Å². The monoisotopic (exact) mass is 328 g/mol. The Bertz CT molecular complexity index is 847. The number of aromatic nitrogens is 3. The van der Waals surface area contributed by atoms with E-state index in [9.17, 15) is 9.90 Å². The predicted molar refractivity (Wildman–Crippen MR) is 86.7 cm³/mol. The van der Waals surface area contributed by atoms with Crippen LogP contribution in [0.2, 0.25) is 5.02 Å². The Morgan fingerprint density at radius 1 is 1.26 bits per heavy atom. The van der Waals surface area contributed by atoms with Crippen molar-refractivity contribution in [2.75, 3.05) is 5.32 Å². The van der Waals surface area contributed by atoms with E-state index in [1.807, 2.05) is 18.2 Å². The zero-order valence-electron chi connectivity index (χ0n) is 12.0.